The van der Waals surface area contributed by atoms with Gasteiger partial charge < -0.3 is 18.9 Å². The van der Waals surface area contributed by atoms with E-state index in [9.17, 15) is 9.18 Å². The first-order chi connectivity index (χ1) is 13.0. The van der Waals surface area contributed by atoms with E-state index in [0.29, 0.717) is 33.7 Å². The molecule has 0 radical (unpaired) electrons. The lowest BCUT2D eigenvalue weighted by Crippen LogP contribution is -2.05. The van der Waals surface area contributed by atoms with E-state index in [4.69, 9.17) is 18.9 Å². The van der Waals surface area contributed by atoms with Crippen molar-refractivity contribution in [2.75, 3.05) is 28.4 Å². The van der Waals surface area contributed by atoms with Crippen molar-refractivity contribution in [1.82, 2.24) is 4.98 Å². The third-order valence-electron chi connectivity index (χ3n) is 4.20. The number of rotatable bonds is 6. The zero-order valence-corrected chi connectivity index (χ0v) is 15.3. The number of carbonyl (C=O) groups excluding carboxylic acids is 1. The maximum Gasteiger partial charge on any atom is 0.205 e. The van der Waals surface area contributed by atoms with Crippen LogP contribution in [0.1, 0.15) is 15.9 Å². The van der Waals surface area contributed by atoms with Crippen LogP contribution < -0.4 is 18.9 Å². The van der Waals surface area contributed by atoms with E-state index in [1.807, 2.05) is 0 Å². The summed E-state index contributed by atoms with van der Waals surface area (Å²) in [7, 11) is 5.81. The predicted octanol–water partition coefficient (Wildman–Crippen LogP) is 3.64. The lowest BCUT2D eigenvalue weighted by molar-refractivity contribution is 0.103. The number of aromatic nitrogens is 1. The van der Waals surface area contributed by atoms with Crippen molar-refractivity contribution in [3.05, 3.63) is 53.5 Å². The van der Waals surface area contributed by atoms with Gasteiger partial charge in [0.2, 0.25) is 5.75 Å². The monoisotopic (exact) mass is 371 g/mol. The van der Waals surface area contributed by atoms with Gasteiger partial charge in [-0.3, -0.25) is 9.78 Å². The van der Waals surface area contributed by atoms with Crippen LogP contribution in [-0.4, -0.2) is 39.2 Å². The number of nitrogens with zero attached hydrogens (tertiary/aromatic N) is 1. The summed E-state index contributed by atoms with van der Waals surface area (Å²) in [6.07, 6.45) is 1.49. The lowest BCUT2D eigenvalue weighted by Gasteiger charge is -2.15. The maximum absolute atomic E-state index is 14.0. The number of benzene rings is 2. The number of halogens is 1. The number of pyridine rings is 1. The number of ether oxygens (including phenoxy) is 4. The molecule has 0 amide bonds. The number of hydrogen-bond donors (Lipinski definition) is 0. The minimum absolute atomic E-state index is 0.0687. The van der Waals surface area contributed by atoms with Gasteiger partial charge in [-0.2, -0.15) is 0 Å². The number of carbonyl (C=O) groups is 1. The zero-order valence-electron chi connectivity index (χ0n) is 15.3. The van der Waals surface area contributed by atoms with E-state index in [1.165, 1.54) is 46.8 Å². The highest BCUT2D eigenvalue weighted by molar-refractivity contribution is 6.17. The molecule has 0 atom stereocenters. The Kier molecular flexibility index (Phi) is 5.12. The Labute approximate surface area is 155 Å². The highest BCUT2D eigenvalue weighted by Gasteiger charge is 2.22. The number of hydrogen-bond acceptors (Lipinski definition) is 6. The average molecular weight is 371 g/mol. The minimum atomic E-state index is -0.612. The molecule has 0 fully saturated rings. The summed E-state index contributed by atoms with van der Waals surface area (Å²) in [6.45, 7) is 0. The van der Waals surface area contributed by atoms with Crippen molar-refractivity contribution in [1.29, 1.82) is 0 Å². The summed E-state index contributed by atoms with van der Waals surface area (Å²) in [5, 5.41) is 0.508. The Hall–Kier alpha value is -3.35. The summed E-state index contributed by atoms with van der Waals surface area (Å²) in [6, 6.07) is 7.28. The molecule has 0 aliphatic heterocycles. The second-order valence-electron chi connectivity index (χ2n) is 5.58. The molecule has 6 nitrogen and oxygen atoms in total. The second-order valence-corrected chi connectivity index (χ2v) is 5.58. The van der Waals surface area contributed by atoms with E-state index in [2.05, 4.69) is 4.98 Å². The molecule has 0 N–H and O–H groups in total. The van der Waals surface area contributed by atoms with E-state index in [1.54, 1.807) is 12.1 Å². The van der Waals surface area contributed by atoms with Gasteiger partial charge in [0.25, 0.3) is 0 Å². The third-order valence-corrected chi connectivity index (χ3v) is 4.20. The topological polar surface area (TPSA) is 66.9 Å². The maximum atomic E-state index is 14.0. The van der Waals surface area contributed by atoms with E-state index in [0.717, 1.165) is 6.07 Å². The first-order valence-corrected chi connectivity index (χ1v) is 8.01. The smallest absolute Gasteiger partial charge is 0.205 e. The van der Waals surface area contributed by atoms with Gasteiger partial charge in [0.1, 0.15) is 5.52 Å². The molecule has 0 spiro atoms. The van der Waals surface area contributed by atoms with E-state index in [-0.39, 0.29) is 17.1 Å². The molecule has 3 rings (SSSR count). The zero-order chi connectivity index (χ0) is 19.6. The predicted molar refractivity (Wildman–Crippen MR) is 97.8 cm³/mol. The Balaban J connectivity index is 2.23. The van der Waals surface area contributed by atoms with Crippen molar-refractivity contribution in [2.45, 2.75) is 0 Å². The Morgan fingerprint density at radius 1 is 0.889 bits per heavy atom. The number of methoxy groups -OCH3 is 4. The Morgan fingerprint density at radius 2 is 1.59 bits per heavy atom. The lowest BCUT2D eigenvalue weighted by atomic mass is 9.99. The fourth-order valence-corrected chi connectivity index (χ4v) is 2.91. The molecular formula is C20H18FNO5. The van der Waals surface area contributed by atoms with Crippen LogP contribution in [0.5, 0.6) is 23.0 Å². The first-order valence-electron chi connectivity index (χ1n) is 8.01. The van der Waals surface area contributed by atoms with Crippen molar-refractivity contribution in [2.24, 2.45) is 0 Å². The molecule has 0 unspecified atom stereocenters. The molecule has 2 aromatic carbocycles. The van der Waals surface area contributed by atoms with Gasteiger partial charge in [0.05, 0.1) is 28.4 Å². The van der Waals surface area contributed by atoms with Crippen LogP contribution in [0.4, 0.5) is 4.39 Å². The molecule has 0 aliphatic carbocycles. The van der Waals surface area contributed by atoms with Crippen LogP contribution in [0, 0.1) is 5.82 Å². The van der Waals surface area contributed by atoms with E-state index >= 15 is 0 Å². The van der Waals surface area contributed by atoms with Gasteiger partial charge in [0, 0.05) is 22.7 Å². The molecule has 140 valence electrons. The summed E-state index contributed by atoms with van der Waals surface area (Å²) < 4.78 is 35.1. The Bertz CT molecular complexity index is 1020. The molecule has 0 saturated heterocycles. The summed E-state index contributed by atoms with van der Waals surface area (Å²) in [4.78, 5) is 17.3. The molecule has 27 heavy (non-hydrogen) atoms. The van der Waals surface area contributed by atoms with Crippen LogP contribution in [0.25, 0.3) is 10.9 Å². The van der Waals surface area contributed by atoms with E-state index < -0.39 is 5.82 Å². The fourth-order valence-electron chi connectivity index (χ4n) is 2.91. The quantitative estimate of drug-likeness (QED) is 0.617. The number of ketones is 1. The van der Waals surface area contributed by atoms with Crippen LogP contribution in [0.3, 0.4) is 0 Å². The van der Waals surface area contributed by atoms with Crippen molar-refractivity contribution >= 4 is 16.7 Å². The van der Waals surface area contributed by atoms with Crippen LogP contribution in [-0.2, 0) is 0 Å². The van der Waals surface area contributed by atoms with Gasteiger partial charge in [-0.05, 0) is 30.3 Å². The van der Waals surface area contributed by atoms with Crippen LogP contribution in [0.2, 0.25) is 0 Å². The minimum Gasteiger partial charge on any atom is -0.494 e. The molecule has 3 aromatic rings. The number of fused-ring (bicyclic) bond motifs is 1. The fraction of sp³-hybridized carbons (Fsp3) is 0.200. The Morgan fingerprint density at radius 3 is 2.19 bits per heavy atom. The highest BCUT2D eigenvalue weighted by Crippen LogP contribution is 2.43. The van der Waals surface area contributed by atoms with Gasteiger partial charge >= 0.3 is 0 Å². The van der Waals surface area contributed by atoms with Gasteiger partial charge in [0.15, 0.2) is 28.8 Å². The van der Waals surface area contributed by atoms with Gasteiger partial charge in [-0.15, -0.1) is 0 Å². The molecule has 1 aromatic heterocycles. The molecular weight excluding hydrogens is 353 g/mol. The molecule has 7 heteroatoms. The SMILES string of the molecule is COc1ccc(C(=O)c2ccnc3c(OC)c(OC)c(OC)cc23)cc1F. The standard InChI is InChI=1S/C20H18FNO5/c1-24-15-6-5-11(9-14(15)21)18(23)12-7-8-22-17-13(12)10-16(25-2)19(26-3)20(17)27-4/h5-10H,1-4H3. The van der Waals surface area contributed by atoms with Gasteiger partial charge in [-0.1, -0.05) is 0 Å². The van der Waals surface area contributed by atoms with Crippen LogP contribution >= 0.6 is 0 Å². The second kappa shape index (κ2) is 7.49. The van der Waals surface area contributed by atoms with Gasteiger partial charge in [-0.25, -0.2) is 4.39 Å². The normalized spacial score (nSPS) is 10.6. The molecule has 0 bridgehead atoms. The molecule has 0 saturated carbocycles. The van der Waals surface area contributed by atoms with Crippen molar-refractivity contribution in [3.63, 3.8) is 0 Å². The summed E-state index contributed by atoms with van der Waals surface area (Å²) in [5.41, 5.74) is 0.966. The summed E-state index contributed by atoms with van der Waals surface area (Å²) >= 11 is 0. The van der Waals surface area contributed by atoms with Crippen molar-refractivity contribution in [3.8, 4) is 23.0 Å². The molecule has 0 aliphatic rings. The summed E-state index contributed by atoms with van der Waals surface area (Å²) in [5.74, 6) is 0.211. The van der Waals surface area contributed by atoms with Crippen LogP contribution in [0.15, 0.2) is 36.5 Å². The third kappa shape index (κ3) is 3.12. The van der Waals surface area contributed by atoms with Crippen molar-refractivity contribution < 1.29 is 28.1 Å². The average Bonchev–Trinajstić information content (AvgIpc) is 2.70. The largest absolute Gasteiger partial charge is 0.494 e. The highest BCUT2D eigenvalue weighted by atomic mass is 19.1. The first kappa shape index (κ1) is 18.4. The molecule has 1 heterocycles.